The minimum Gasteiger partial charge on any atom is -0.294 e. The molecule has 0 aliphatic rings. The normalized spacial score (nSPS) is 11.2. The van der Waals surface area contributed by atoms with Gasteiger partial charge in [-0.25, -0.2) is 9.67 Å². The molecule has 2 aromatic carbocycles. The van der Waals surface area contributed by atoms with Crippen LogP contribution >= 0.6 is 11.6 Å². The van der Waals surface area contributed by atoms with Crippen molar-refractivity contribution in [2.24, 2.45) is 0 Å². The molecule has 0 atom stereocenters. The topological polar surface area (TPSA) is 52.7 Å². The number of nitrogens with zero attached hydrogens (tertiary/aromatic N) is 4. The van der Waals surface area contributed by atoms with Gasteiger partial charge < -0.3 is 0 Å². The maximum atomic E-state index is 12.8. The molecule has 130 valence electrons. The minimum atomic E-state index is -0.111. The van der Waals surface area contributed by atoms with Gasteiger partial charge in [-0.2, -0.15) is 5.10 Å². The Morgan fingerprint density at radius 2 is 1.73 bits per heavy atom. The first-order chi connectivity index (χ1) is 12.5. The highest BCUT2D eigenvalue weighted by atomic mass is 35.5. The molecule has 4 aromatic rings. The highest BCUT2D eigenvalue weighted by Crippen LogP contribution is 2.17. The molecule has 0 amide bonds. The average molecular weight is 365 g/mol. The molecule has 26 heavy (non-hydrogen) atoms. The van der Waals surface area contributed by atoms with Crippen LogP contribution in [-0.2, 0) is 6.54 Å². The van der Waals surface area contributed by atoms with Gasteiger partial charge >= 0.3 is 0 Å². The fraction of sp³-hybridized carbons (Fsp3) is 0.150. The van der Waals surface area contributed by atoms with Crippen molar-refractivity contribution in [1.82, 2.24) is 19.3 Å². The SMILES string of the molecule is Cc1cc(C)cc(-n2ncc3c(=O)n(Cc4ccc(Cl)cc4)cnc32)c1. The number of hydrogen-bond donors (Lipinski definition) is 0. The molecule has 0 saturated carbocycles. The molecule has 0 saturated heterocycles. The molecule has 4 rings (SSSR count). The Balaban J connectivity index is 1.78. The number of halogens is 1. The van der Waals surface area contributed by atoms with Crippen molar-refractivity contribution in [3.05, 3.63) is 87.1 Å². The fourth-order valence-corrected chi connectivity index (χ4v) is 3.24. The van der Waals surface area contributed by atoms with Crippen LogP contribution in [0, 0.1) is 13.8 Å². The lowest BCUT2D eigenvalue weighted by atomic mass is 10.1. The number of aromatic nitrogens is 4. The minimum absolute atomic E-state index is 0.111. The van der Waals surface area contributed by atoms with Crippen molar-refractivity contribution in [2.45, 2.75) is 20.4 Å². The monoisotopic (exact) mass is 364 g/mol. The Hall–Kier alpha value is -2.92. The third kappa shape index (κ3) is 3.02. The molecular weight excluding hydrogens is 348 g/mol. The number of hydrogen-bond acceptors (Lipinski definition) is 3. The maximum absolute atomic E-state index is 12.8. The number of fused-ring (bicyclic) bond motifs is 1. The molecule has 0 radical (unpaired) electrons. The molecule has 0 bridgehead atoms. The van der Waals surface area contributed by atoms with Crippen LogP contribution in [0.2, 0.25) is 5.02 Å². The summed E-state index contributed by atoms with van der Waals surface area (Å²) in [6, 6.07) is 13.6. The van der Waals surface area contributed by atoms with Crippen molar-refractivity contribution < 1.29 is 0 Å². The van der Waals surface area contributed by atoms with Crippen LogP contribution in [0.15, 0.2) is 59.8 Å². The van der Waals surface area contributed by atoms with E-state index in [-0.39, 0.29) is 5.56 Å². The Kier molecular flexibility index (Phi) is 4.09. The number of benzene rings is 2. The lowest BCUT2D eigenvalue weighted by Crippen LogP contribution is -2.21. The summed E-state index contributed by atoms with van der Waals surface area (Å²) < 4.78 is 3.29. The summed E-state index contributed by atoms with van der Waals surface area (Å²) in [7, 11) is 0. The number of aryl methyl sites for hydroxylation is 2. The first kappa shape index (κ1) is 16.5. The van der Waals surface area contributed by atoms with Crippen LogP contribution in [0.4, 0.5) is 0 Å². The van der Waals surface area contributed by atoms with Gasteiger partial charge in [0.15, 0.2) is 5.65 Å². The van der Waals surface area contributed by atoms with E-state index < -0.39 is 0 Å². The fourth-order valence-electron chi connectivity index (χ4n) is 3.11. The van der Waals surface area contributed by atoms with E-state index in [9.17, 15) is 4.79 Å². The summed E-state index contributed by atoms with van der Waals surface area (Å²) >= 11 is 5.92. The lowest BCUT2D eigenvalue weighted by molar-refractivity contribution is 0.745. The molecule has 0 N–H and O–H groups in total. The Morgan fingerprint density at radius 3 is 2.42 bits per heavy atom. The van der Waals surface area contributed by atoms with Gasteiger partial charge in [0.2, 0.25) is 0 Å². The molecule has 0 aliphatic heterocycles. The van der Waals surface area contributed by atoms with Crippen LogP contribution in [0.3, 0.4) is 0 Å². The Morgan fingerprint density at radius 1 is 1.04 bits per heavy atom. The van der Waals surface area contributed by atoms with E-state index in [1.807, 2.05) is 50.2 Å². The van der Waals surface area contributed by atoms with E-state index in [0.717, 1.165) is 22.4 Å². The van der Waals surface area contributed by atoms with Gasteiger partial charge in [-0.15, -0.1) is 0 Å². The van der Waals surface area contributed by atoms with Crippen molar-refractivity contribution in [3.8, 4) is 5.69 Å². The van der Waals surface area contributed by atoms with Crippen LogP contribution in [0.1, 0.15) is 16.7 Å². The summed E-state index contributed by atoms with van der Waals surface area (Å²) in [5.41, 5.74) is 4.62. The van der Waals surface area contributed by atoms with Gasteiger partial charge in [-0.3, -0.25) is 9.36 Å². The highest BCUT2D eigenvalue weighted by Gasteiger charge is 2.12. The van der Waals surface area contributed by atoms with Gasteiger partial charge in [-0.1, -0.05) is 29.8 Å². The van der Waals surface area contributed by atoms with Crippen LogP contribution in [0.25, 0.3) is 16.7 Å². The second-order valence-corrected chi connectivity index (χ2v) is 6.88. The third-order valence-electron chi connectivity index (χ3n) is 4.27. The summed E-state index contributed by atoms with van der Waals surface area (Å²) in [6.45, 7) is 4.51. The summed E-state index contributed by atoms with van der Waals surface area (Å²) in [6.07, 6.45) is 3.15. The molecule has 0 spiro atoms. The second-order valence-electron chi connectivity index (χ2n) is 6.44. The van der Waals surface area contributed by atoms with Gasteiger partial charge in [0, 0.05) is 5.02 Å². The van der Waals surface area contributed by atoms with E-state index in [0.29, 0.717) is 22.6 Å². The van der Waals surface area contributed by atoms with Crippen molar-refractivity contribution in [1.29, 1.82) is 0 Å². The molecule has 0 fully saturated rings. The summed E-state index contributed by atoms with van der Waals surface area (Å²) in [4.78, 5) is 17.3. The molecule has 0 aliphatic carbocycles. The first-order valence-electron chi connectivity index (χ1n) is 8.27. The zero-order chi connectivity index (χ0) is 18.3. The van der Waals surface area contributed by atoms with Crippen LogP contribution in [-0.4, -0.2) is 19.3 Å². The summed E-state index contributed by atoms with van der Waals surface area (Å²) in [5.74, 6) is 0. The van der Waals surface area contributed by atoms with Gasteiger partial charge in [0.05, 0.1) is 18.4 Å². The van der Waals surface area contributed by atoms with E-state index in [1.165, 1.54) is 0 Å². The van der Waals surface area contributed by atoms with E-state index in [4.69, 9.17) is 11.6 Å². The second kappa shape index (κ2) is 6.42. The van der Waals surface area contributed by atoms with Crippen molar-refractivity contribution in [2.75, 3.05) is 0 Å². The molecule has 2 heterocycles. The molecule has 6 heteroatoms. The zero-order valence-electron chi connectivity index (χ0n) is 14.5. The van der Waals surface area contributed by atoms with E-state index >= 15 is 0 Å². The van der Waals surface area contributed by atoms with Gasteiger partial charge in [0.1, 0.15) is 11.7 Å². The van der Waals surface area contributed by atoms with Crippen molar-refractivity contribution >= 4 is 22.6 Å². The van der Waals surface area contributed by atoms with E-state index in [1.54, 1.807) is 21.8 Å². The van der Waals surface area contributed by atoms with Gasteiger partial charge in [0.25, 0.3) is 5.56 Å². The number of rotatable bonds is 3. The van der Waals surface area contributed by atoms with Gasteiger partial charge in [-0.05, 0) is 54.8 Å². The standard InChI is InChI=1S/C20H17ClN4O/c1-13-7-14(2)9-17(8-13)25-19-18(10-23-25)20(26)24(12-22-19)11-15-3-5-16(21)6-4-15/h3-10,12H,11H2,1-2H3. The molecular formula is C20H17ClN4O. The first-order valence-corrected chi connectivity index (χ1v) is 8.65. The van der Waals surface area contributed by atoms with Crippen molar-refractivity contribution in [3.63, 3.8) is 0 Å². The quantitative estimate of drug-likeness (QED) is 0.554. The Bertz CT molecular complexity index is 1140. The van der Waals surface area contributed by atoms with E-state index in [2.05, 4.69) is 16.1 Å². The molecule has 0 unspecified atom stereocenters. The predicted octanol–water partition coefficient (Wildman–Crippen LogP) is 3.90. The third-order valence-corrected chi connectivity index (χ3v) is 4.52. The Labute approximate surface area is 155 Å². The molecule has 5 nitrogen and oxygen atoms in total. The predicted molar refractivity (Wildman–Crippen MR) is 103 cm³/mol. The van der Waals surface area contributed by atoms with Crippen LogP contribution < -0.4 is 5.56 Å². The summed E-state index contributed by atoms with van der Waals surface area (Å²) in [5, 5.41) is 5.56. The largest absolute Gasteiger partial charge is 0.294 e. The average Bonchev–Trinajstić information content (AvgIpc) is 3.03. The zero-order valence-corrected chi connectivity index (χ0v) is 15.2. The molecule has 2 aromatic heterocycles. The smallest absolute Gasteiger partial charge is 0.264 e. The highest BCUT2D eigenvalue weighted by molar-refractivity contribution is 6.30. The van der Waals surface area contributed by atoms with Crippen LogP contribution in [0.5, 0.6) is 0 Å². The lowest BCUT2D eigenvalue weighted by Gasteiger charge is -2.08. The maximum Gasteiger partial charge on any atom is 0.264 e.